The third-order valence-electron chi connectivity index (χ3n) is 5.85. The second kappa shape index (κ2) is 9.27. The highest BCUT2D eigenvalue weighted by molar-refractivity contribution is 6.33. The molecule has 0 saturated heterocycles. The Balaban J connectivity index is 1.62. The number of amidine groups is 1. The molecule has 1 amide bonds. The van der Waals surface area contributed by atoms with Crippen molar-refractivity contribution in [2.24, 2.45) is 21.2 Å². The highest BCUT2D eigenvalue weighted by Crippen LogP contribution is 2.39. The Kier molecular flexibility index (Phi) is 6.39. The van der Waals surface area contributed by atoms with E-state index in [4.69, 9.17) is 15.6 Å². The topological polar surface area (TPSA) is 101 Å². The van der Waals surface area contributed by atoms with E-state index in [1.54, 1.807) is 6.20 Å². The molecule has 0 aromatic heterocycles. The van der Waals surface area contributed by atoms with Crippen molar-refractivity contribution in [1.82, 2.24) is 10.7 Å². The van der Waals surface area contributed by atoms with E-state index in [1.807, 2.05) is 69.3 Å². The van der Waals surface area contributed by atoms with Crippen molar-refractivity contribution in [2.75, 3.05) is 0 Å². The Labute approximate surface area is 200 Å². The standard InChI is InChI=1S/C27H31N5O2/c1-26(2,3)34-25(33)30-17-18-10-12-20(13-11-18)23-21(19-8-6-5-7-9-19)16-27(4)22(31-23)14-15-29-24(27)32-28/h5-16,22H,17,28H2,1-4H3,(H,29,32)(H,30,33). The average molecular weight is 458 g/mol. The lowest BCUT2D eigenvalue weighted by atomic mass is 9.74. The van der Waals surface area contributed by atoms with Gasteiger partial charge in [-0.2, -0.15) is 0 Å². The molecule has 2 aromatic rings. The first kappa shape index (κ1) is 23.4. The number of hydrogen-bond acceptors (Lipinski definition) is 6. The van der Waals surface area contributed by atoms with E-state index >= 15 is 0 Å². The largest absolute Gasteiger partial charge is 0.444 e. The fraction of sp³-hybridized carbons (Fsp3) is 0.296. The molecule has 2 aromatic carbocycles. The zero-order chi connectivity index (χ0) is 24.3. The lowest BCUT2D eigenvalue weighted by molar-refractivity contribution is 0.0523. The van der Waals surface area contributed by atoms with Crippen LogP contribution in [0.3, 0.4) is 0 Å². The summed E-state index contributed by atoms with van der Waals surface area (Å²) in [6.07, 6.45) is 5.51. The minimum atomic E-state index is -0.528. The lowest BCUT2D eigenvalue weighted by Gasteiger charge is -2.38. The number of benzene rings is 2. The molecular formula is C27H31N5O2. The number of nitrogens with two attached hydrogens (primary N) is 1. The molecular weight excluding hydrogens is 426 g/mol. The summed E-state index contributed by atoms with van der Waals surface area (Å²) in [6, 6.07) is 18.1. The number of fused-ring (bicyclic) bond motifs is 1. The molecule has 2 aliphatic heterocycles. The van der Waals surface area contributed by atoms with Gasteiger partial charge in [0, 0.05) is 23.9 Å². The molecule has 176 valence electrons. The van der Waals surface area contributed by atoms with Gasteiger partial charge < -0.3 is 15.5 Å². The summed E-state index contributed by atoms with van der Waals surface area (Å²) >= 11 is 0. The molecule has 2 heterocycles. The number of hydrazine groups is 1. The summed E-state index contributed by atoms with van der Waals surface area (Å²) in [7, 11) is 0. The number of ether oxygens (including phenoxy) is 1. The monoisotopic (exact) mass is 457 g/mol. The van der Waals surface area contributed by atoms with Crippen molar-refractivity contribution in [2.45, 2.75) is 45.9 Å². The number of aliphatic imine (C=N–C) groups is 2. The summed E-state index contributed by atoms with van der Waals surface area (Å²) in [5, 5.41) is 2.80. The maximum atomic E-state index is 12.0. The van der Waals surface area contributed by atoms with Crippen LogP contribution < -0.4 is 16.6 Å². The fourth-order valence-corrected chi connectivity index (χ4v) is 4.12. The van der Waals surface area contributed by atoms with Crippen LogP contribution in [0.5, 0.6) is 0 Å². The van der Waals surface area contributed by atoms with Crippen LogP contribution >= 0.6 is 0 Å². The predicted octanol–water partition coefficient (Wildman–Crippen LogP) is 4.36. The van der Waals surface area contributed by atoms with E-state index in [0.29, 0.717) is 12.4 Å². The first-order valence-corrected chi connectivity index (χ1v) is 11.3. The number of allylic oxidation sites excluding steroid dienone is 1. The molecule has 4 N–H and O–H groups in total. The Morgan fingerprint density at radius 2 is 1.79 bits per heavy atom. The van der Waals surface area contributed by atoms with Gasteiger partial charge >= 0.3 is 6.09 Å². The molecule has 0 fully saturated rings. The molecule has 7 heteroatoms. The average Bonchev–Trinajstić information content (AvgIpc) is 2.81. The van der Waals surface area contributed by atoms with Crippen LogP contribution in [0.2, 0.25) is 0 Å². The summed E-state index contributed by atoms with van der Waals surface area (Å²) in [6.45, 7) is 8.00. The number of nitrogens with one attached hydrogen (secondary N) is 2. The van der Waals surface area contributed by atoms with Gasteiger partial charge in [0.25, 0.3) is 0 Å². The molecule has 0 radical (unpaired) electrons. The maximum absolute atomic E-state index is 12.0. The van der Waals surface area contributed by atoms with Crippen LogP contribution in [0.4, 0.5) is 4.79 Å². The van der Waals surface area contributed by atoms with Gasteiger partial charge in [-0.1, -0.05) is 60.7 Å². The van der Waals surface area contributed by atoms with Crippen LogP contribution in [0.15, 0.2) is 82.9 Å². The zero-order valence-corrected chi connectivity index (χ0v) is 20.0. The van der Waals surface area contributed by atoms with E-state index in [9.17, 15) is 4.79 Å². The Hall–Kier alpha value is -3.71. The molecule has 34 heavy (non-hydrogen) atoms. The summed E-state index contributed by atoms with van der Waals surface area (Å²) in [4.78, 5) is 21.6. The van der Waals surface area contributed by atoms with Gasteiger partial charge in [-0.15, -0.1) is 0 Å². The molecule has 0 spiro atoms. The Morgan fingerprint density at radius 1 is 1.09 bits per heavy atom. The molecule has 2 unspecified atom stereocenters. The van der Waals surface area contributed by atoms with Gasteiger partial charge in [0.05, 0.1) is 17.2 Å². The van der Waals surface area contributed by atoms with Gasteiger partial charge in [-0.05, 0) is 44.9 Å². The number of nitrogens with zero attached hydrogens (tertiary/aromatic N) is 2. The highest BCUT2D eigenvalue weighted by atomic mass is 16.6. The van der Waals surface area contributed by atoms with Gasteiger partial charge in [0.2, 0.25) is 0 Å². The summed E-state index contributed by atoms with van der Waals surface area (Å²) < 4.78 is 5.31. The minimum absolute atomic E-state index is 0.132. The van der Waals surface area contributed by atoms with E-state index in [2.05, 4.69) is 40.9 Å². The van der Waals surface area contributed by atoms with E-state index < -0.39 is 17.1 Å². The number of hydrogen-bond donors (Lipinski definition) is 3. The molecule has 2 atom stereocenters. The second-order valence-corrected chi connectivity index (χ2v) is 9.65. The first-order valence-electron chi connectivity index (χ1n) is 11.3. The third-order valence-corrected chi connectivity index (χ3v) is 5.85. The lowest BCUT2D eigenvalue weighted by Crippen LogP contribution is -2.50. The number of alkyl carbamates (subject to hydrolysis) is 1. The number of dihydropyridines is 1. The highest BCUT2D eigenvalue weighted by Gasteiger charge is 2.41. The molecule has 7 nitrogen and oxygen atoms in total. The van der Waals surface area contributed by atoms with Gasteiger partial charge in [-0.25, -0.2) is 15.6 Å². The van der Waals surface area contributed by atoms with Crippen molar-refractivity contribution in [3.63, 3.8) is 0 Å². The van der Waals surface area contributed by atoms with Crippen LogP contribution in [-0.2, 0) is 11.3 Å². The van der Waals surface area contributed by atoms with Gasteiger partial charge in [0.1, 0.15) is 11.4 Å². The Morgan fingerprint density at radius 3 is 2.44 bits per heavy atom. The quantitative estimate of drug-likeness (QED) is 0.469. The third kappa shape index (κ3) is 4.94. The molecule has 0 saturated carbocycles. The zero-order valence-electron chi connectivity index (χ0n) is 20.0. The maximum Gasteiger partial charge on any atom is 0.407 e. The molecule has 0 aliphatic carbocycles. The normalized spacial score (nSPS) is 21.6. The number of amides is 1. The van der Waals surface area contributed by atoms with E-state index in [-0.39, 0.29) is 6.04 Å². The van der Waals surface area contributed by atoms with Crippen molar-refractivity contribution < 1.29 is 9.53 Å². The molecule has 0 bridgehead atoms. The van der Waals surface area contributed by atoms with Gasteiger partial charge in [-0.3, -0.25) is 4.99 Å². The molecule has 2 aliphatic rings. The van der Waals surface area contributed by atoms with E-state index in [1.165, 1.54) is 0 Å². The van der Waals surface area contributed by atoms with Crippen LogP contribution in [0.25, 0.3) is 5.57 Å². The Bertz CT molecular complexity index is 1170. The van der Waals surface area contributed by atoms with Gasteiger partial charge in [0.15, 0.2) is 0 Å². The summed E-state index contributed by atoms with van der Waals surface area (Å²) in [5.74, 6) is 6.47. The first-order chi connectivity index (χ1) is 16.2. The molecule has 4 rings (SSSR count). The van der Waals surface area contributed by atoms with Crippen molar-refractivity contribution in [3.8, 4) is 0 Å². The van der Waals surface area contributed by atoms with Crippen LogP contribution in [-0.4, -0.2) is 29.3 Å². The van der Waals surface area contributed by atoms with Crippen LogP contribution in [0, 0.1) is 5.41 Å². The minimum Gasteiger partial charge on any atom is -0.444 e. The van der Waals surface area contributed by atoms with E-state index in [0.717, 1.165) is 28.0 Å². The number of carbonyl (C=O) groups is 1. The fourth-order valence-electron chi connectivity index (χ4n) is 4.12. The number of carbonyl (C=O) groups excluding carboxylic acids is 1. The van der Waals surface area contributed by atoms with Crippen molar-refractivity contribution >= 4 is 23.2 Å². The number of rotatable bonds is 4. The van der Waals surface area contributed by atoms with Crippen LogP contribution in [0.1, 0.15) is 44.4 Å². The smallest absolute Gasteiger partial charge is 0.407 e. The predicted molar refractivity (Wildman–Crippen MR) is 136 cm³/mol. The van der Waals surface area contributed by atoms with Crippen molar-refractivity contribution in [1.29, 1.82) is 0 Å². The van der Waals surface area contributed by atoms with Crippen molar-refractivity contribution in [3.05, 3.63) is 89.6 Å². The summed E-state index contributed by atoms with van der Waals surface area (Å²) in [5.41, 5.74) is 6.72. The SMILES string of the molecule is CC(C)(C)OC(=O)NCc1ccc(C2=NC3C=CN=C(NN)C3(C)C=C2c2ccccc2)cc1. The second-order valence-electron chi connectivity index (χ2n) is 9.65.